The zero-order chi connectivity index (χ0) is 18.4. The van der Waals surface area contributed by atoms with Gasteiger partial charge in [-0.25, -0.2) is 4.79 Å². The van der Waals surface area contributed by atoms with Crippen molar-refractivity contribution in [1.82, 2.24) is 18.7 Å². The van der Waals surface area contributed by atoms with E-state index in [2.05, 4.69) is 24.0 Å². The van der Waals surface area contributed by atoms with Crippen LogP contribution in [0.3, 0.4) is 0 Å². The molecule has 0 spiro atoms. The van der Waals surface area contributed by atoms with Crippen molar-refractivity contribution in [2.45, 2.75) is 25.8 Å². The molecule has 3 aromatic rings. The van der Waals surface area contributed by atoms with Crippen molar-refractivity contribution in [3.8, 4) is 0 Å². The van der Waals surface area contributed by atoms with Gasteiger partial charge in [-0.2, -0.15) is 4.98 Å². The van der Waals surface area contributed by atoms with Crippen LogP contribution in [-0.4, -0.2) is 31.8 Å². The Kier molecular flexibility index (Phi) is 3.94. The van der Waals surface area contributed by atoms with Crippen LogP contribution >= 0.6 is 0 Å². The first-order valence-corrected chi connectivity index (χ1v) is 8.98. The molecule has 1 aromatic carbocycles. The van der Waals surface area contributed by atoms with Crippen LogP contribution in [-0.2, 0) is 14.1 Å². The summed E-state index contributed by atoms with van der Waals surface area (Å²) in [5.41, 5.74) is 1.37. The summed E-state index contributed by atoms with van der Waals surface area (Å²) in [6, 6.07) is 10.0. The molecule has 3 heterocycles. The summed E-state index contributed by atoms with van der Waals surface area (Å²) in [6.07, 6.45) is 2.22. The second-order valence-electron chi connectivity index (χ2n) is 6.94. The second kappa shape index (κ2) is 6.16. The molecule has 0 aliphatic carbocycles. The van der Waals surface area contributed by atoms with E-state index in [4.69, 9.17) is 4.98 Å². The molecule has 1 atom stereocenters. The SMILES string of the molecule is C[C@H](c1ccccc1)n1c(N2CCCC2)nc2c1c(=O)n(C)c(=O)n2C. The van der Waals surface area contributed by atoms with Crippen LogP contribution in [0.15, 0.2) is 39.9 Å². The molecule has 26 heavy (non-hydrogen) atoms. The van der Waals surface area contributed by atoms with Gasteiger partial charge in [0, 0.05) is 27.2 Å². The number of anilines is 1. The van der Waals surface area contributed by atoms with E-state index in [-0.39, 0.29) is 17.3 Å². The number of aryl methyl sites for hydroxylation is 1. The first kappa shape index (κ1) is 16.6. The Labute approximate surface area is 151 Å². The lowest BCUT2D eigenvalue weighted by Crippen LogP contribution is -2.37. The lowest BCUT2D eigenvalue weighted by atomic mass is 10.1. The van der Waals surface area contributed by atoms with Gasteiger partial charge >= 0.3 is 5.69 Å². The van der Waals surface area contributed by atoms with Crippen LogP contribution in [0.25, 0.3) is 11.2 Å². The first-order chi connectivity index (χ1) is 12.5. The smallest absolute Gasteiger partial charge is 0.332 e. The number of hydrogen-bond acceptors (Lipinski definition) is 4. The first-order valence-electron chi connectivity index (χ1n) is 8.98. The average Bonchev–Trinajstić information content (AvgIpc) is 3.32. The number of benzene rings is 1. The van der Waals surface area contributed by atoms with Crippen LogP contribution in [0.2, 0.25) is 0 Å². The van der Waals surface area contributed by atoms with Gasteiger partial charge < -0.3 is 4.90 Å². The predicted octanol–water partition coefficient (Wildman–Crippen LogP) is 1.64. The largest absolute Gasteiger partial charge is 0.342 e. The molecule has 0 amide bonds. The van der Waals surface area contributed by atoms with Crippen LogP contribution in [0.4, 0.5) is 5.95 Å². The molecule has 0 saturated carbocycles. The predicted molar refractivity (Wildman–Crippen MR) is 102 cm³/mol. The van der Waals surface area contributed by atoms with Gasteiger partial charge in [0.1, 0.15) is 0 Å². The minimum atomic E-state index is -0.354. The summed E-state index contributed by atoms with van der Waals surface area (Å²) in [5.74, 6) is 0.771. The molecule has 1 aliphatic heterocycles. The fourth-order valence-electron chi connectivity index (χ4n) is 3.79. The third-order valence-corrected chi connectivity index (χ3v) is 5.33. The van der Waals surface area contributed by atoms with Crippen molar-refractivity contribution >= 4 is 17.1 Å². The number of rotatable bonds is 3. The van der Waals surface area contributed by atoms with Crippen LogP contribution in [0.5, 0.6) is 0 Å². The molecule has 0 unspecified atom stereocenters. The molecule has 0 N–H and O–H groups in total. The highest BCUT2D eigenvalue weighted by Gasteiger charge is 2.27. The summed E-state index contributed by atoms with van der Waals surface area (Å²) in [5, 5.41) is 0. The quantitative estimate of drug-likeness (QED) is 0.718. The van der Waals surface area contributed by atoms with Gasteiger partial charge in [-0.1, -0.05) is 30.3 Å². The van der Waals surface area contributed by atoms with Crippen molar-refractivity contribution in [1.29, 1.82) is 0 Å². The van der Waals surface area contributed by atoms with Gasteiger partial charge in [0.2, 0.25) is 5.95 Å². The lowest BCUT2D eigenvalue weighted by Gasteiger charge is -2.23. The second-order valence-corrected chi connectivity index (χ2v) is 6.94. The molecule has 0 bridgehead atoms. The molecule has 7 heteroatoms. The van der Waals surface area contributed by atoms with E-state index in [0.29, 0.717) is 11.2 Å². The summed E-state index contributed by atoms with van der Waals surface area (Å²) in [7, 11) is 3.19. The minimum absolute atomic E-state index is 0.0676. The average molecular weight is 353 g/mol. The van der Waals surface area contributed by atoms with E-state index >= 15 is 0 Å². The maximum atomic E-state index is 13.0. The Hall–Kier alpha value is -2.83. The highest BCUT2D eigenvalue weighted by molar-refractivity contribution is 5.75. The summed E-state index contributed by atoms with van der Waals surface area (Å²) < 4.78 is 4.62. The third kappa shape index (κ3) is 2.38. The maximum Gasteiger partial charge on any atom is 0.332 e. The zero-order valence-electron chi connectivity index (χ0n) is 15.3. The summed E-state index contributed by atoms with van der Waals surface area (Å²) >= 11 is 0. The third-order valence-electron chi connectivity index (χ3n) is 5.33. The van der Waals surface area contributed by atoms with E-state index in [1.807, 2.05) is 22.8 Å². The highest BCUT2D eigenvalue weighted by Crippen LogP contribution is 2.30. The van der Waals surface area contributed by atoms with Crippen molar-refractivity contribution in [2.75, 3.05) is 18.0 Å². The summed E-state index contributed by atoms with van der Waals surface area (Å²) in [4.78, 5) is 32.3. The monoisotopic (exact) mass is 353 g/mol. The highest BCUT2D eigenvalue weighted by atomic mass is 16.2. The summed E-state index contributed by atoms with van der Waals surface area (Å²) in [6.45, 7) is 3.90. The Morgan fingerprint density at radius 1 is 1.00 bits per heavy atom. The van der Waals surface area contributed by atoms with Crippen molar-refractivity contribution in [3.05, 3.63) is 56.7 Å². The van der Waals surface area contributed by atoms with E-state index < -0.39 is 0 Å². The zero-order valence-corrected chi connectivity index (χ0v) is 15.3. The Balaban J connectivity index is 2.06. The van der Waals surface area contributed by atoms with Crippen molar-refractivity contribution in [2.24, 2.45) is 14.1 Å². The molecule has 2 aromatic heterocycles. The Bertz CT molecular complexity index is 1070. The topological polar surface area (TPSA) is 65.1 Å². The standard InChI is InChI=1S/C19H23N5O2/c1-13(14-9-5-4-6-10-14)24-15-16(20-18(24)23-11-7-8-12-23)21(2)19(26)22(3)17(15)25/h4-6,9-10,13H,7-8,11-12H2,1-3H3/t13-/m1/s1. The van der Waals surface area contributed by atoms with E-state index in [0.717, 1.165) is 42.0 Å². The van der Waals surface area contributed by atoms with Gasteiger partial charge in [-0.05, 0) is 25.3 Å². The molecule has 136 valence electrons. The maximum absolute atomic E-state index is 13.0. The van der Waals surface area contributed by atoms with Gasteiger partial charge in [0.25, 0.3) is 5.56 Å². The van der Waals surface area contributed by atoms with Gasteiger partial charge in [0.05, 0.1) is 6.04 Å². The molecule has 4 rings (SSSR count). The van der Waals surface area contributed by atoms with Crippen molar-refractivity contribution in [3.63, 3.8) is 0 Å². The fraction of sp³-hybridized carbons (Fsp3) is 0.421. The normalized spacial score (nSPS) is 15.7. The number of hydrogen-bond donors (Lipinski definition) is 0. The van der Waals surface area contributed by atoms with Gasteiger partial charge in [-0.15, -0.1) is 0 Å². The van der Waals surface area contributed by atoms with Crippen LogP contribution < -0.4 is 16.1 Å². The number of aromatic nitrogens is 4. The van der Waals surface area contributed by atoms with Crippen LogP contribution in [0, 0.1) is 0 Å². The molecular weight excluding hydrogens is 330 g/mol. The van der Waals surface area contributed by atoms with Gasteiger partial charge in [0.15, 0.2) is 11.2 Å². The molecule has 1 saturated heterocycles. The molecule has 1 fully saturated rings. The van der Waals surface area contributed by atoms with E-state index in [1.54, 1.807) is 7.05 Å². The minimum Gasteiger partial charge on any atom is -0.342 e. The number of nitrogens with zero attached hydrogens (tertiary/aromatic N) is 5. The fourth-order valence-corrected chi connectivity index (χ4v) is 3.79. The van der Waals surface area contributed by atoms with E-state index in [9.17, 15) is 9.59 Å². The van der Waals surface area contributed by atoms with Crippen LogP contribution in [0.1, 0.15) is 31.4 Å². The van der Waals surface area contributed by atoms with Crippen molar-refractivity contribution < 1.29 is 0 Å². The molecular formula is C19H23N5O2. The Morgan fingerprint density at radius 2 is 1.65 bits per heavy atom. The number of imidazole rings is 1. The number of fused-ring (bicyclic) bond motifs is 1. The molecule has 7 nitrogen and oxygen atoms in total. The molecule has 1 aliphatic rings. The van der Waals surface area contributed by atoms with E-state index in [1.165, 1.54) is 11.6 Å². The molecule has 0 radical (unpaired) electrons. The van der Waals surface area contributed by atoms with Gasteiger partial charge in [-0.3, -0.25) is 18.5 Å². The Morgan fingerprint density at radius 3 is 2.31 bits per heavy atom. The lowest BCUT2D eigenvalue weighted by molar-refractivity contribution is 0.637.